The van der Waals surface area contributed by atoms with E-state index in [-0.39, 0.29) is 6.54 Å². The first-order chi connectivity index (χ1) is 10.1. The van der Waals surface area contributed by atoms with Gasteiger partial charge in [0.15, 0.2) is 0 Å². The predicted molar refractivity (Wildman–Crippen MR) is 79.0 cm³/mol. The van der Waals surface area contributed by atoms with E-state index in [2.05, 4.69) is 10.0 Å². The number of rotatable bonds is 8. The summed E-state index contributed by atoms with van der Waals surface area (Å²) in [6.07, 6.45) is -3.42. The third kappa shape index (κ3) is 5.94. The van der Waals surface area contributed by atoms with E-state index >= 15 is 0 Å². The quantitative estimate of drug-likeness (QED) is 0.717. The second-order valence-corrected chi connectivity index (χ2v) is 6.94. The normalized spacial score (nSPS) is 12.8. The summed E-state index contributed by atoms with van der Waals surface area (Å²) in [7, 11) is -4.17. The number of nitrogens with one attached hydrogen (secondary N) is 2. The molecular weight excluding hydrogens is 317 g/mol. The fraction of sp³-hybridized carbons (Fsp3) is 0.571. The molecule has 0 aliphatic rings. The van der Waals surface area contributed by atoms with Crippen LogP contribution in [0.25, 0.3) is 0 Å². The van der Waals surface area contributed by atoms with E-state index in [0.29, 0.717) is 12.5 Å². The molecule has 1 rings (SSSR count). The summed E-state index contributed by atoms with van der Waals surface area (Å²) >= 11 is 0. The highest BCUT2D eigenvalue weighted by molar-refractivity contribution is 7.89. The molecule has 22 heavy (non-hydrogen) atoms. The fourth-order valence-corrected chi connectivity index (χ4v) is 3.16. The van der Waals surface area contributed by atoms with Gasteiger partial charge in [0.05, 0.1) is 10.5 Å². The molecule has 0 heterocycles. The minimum atomic E-state index is -4.70. The minimum Gasteiger partial charge on any atom is -0.315 e. The van der Waals surface area contributed by atoms with Gasteiger partial charge in [0.1, 0.15) is 0 Å². The smallest absolute Gasteiger partial charge is 0.315 e. The second kappa shape index (κ2) is 7.94. The topological polar surface area (TPSA) is 58.2 Å². The molecule has 2 N–H and O–H groups in total. The van der Waals surface area contributed by atoms with Crippen LogP contribution in [0, 0.1) is 0 Å². The zero-order valence-electron chi connectivity index (χ0n) is 12.6. The van der Waals surface area contributed by atoms with Gasteiger partial charge in [-0.1, -0.05) is 26.0 Å². The molecule has 0 spiro atoms. The molecule has 1 aromatic rings. The van der Waals surface area contributed by atoms with Crippen LogP contribution in [0.2, 0.25) is 0 Å². The lowest BCUT2D eigenvalue weighted by Gasteiger charge is -2.13. The molecule has 0 saturated heterocycles. The summed E-state index contributed by atoms with van der Waals surface area (Å²) < 4.78 is 64.8. The van der Waals surface area contributed by atoms with Crippen molar-refractivity contribution in [2.45, 2.75) is 43.8 Å². The SMILES string of the molecule is CC(C)NCCCCNS(=O)(=O)c1ccccc1C(F)(F)F. The van der Waals surface area contributed by atoms with Gasteiger partial charge in [0.2, 0.25) is 10.0 Å². The number of alkyl halides is 3. The van der Waals surface area contributed by atoms with Gasteiger partial charge in [-0.2, -0.15) is 13.2 Å². The summed E-state index contributed by atoms with van der Waals surface area (Å²) in [5.74, 6) is 0. The molecule has 0 fully saturated rings. The van der Waals surface area contributed by atoms with Gasteiger partial charge >= 0.3 is 6.18 Å². The average molecular weight is 338 g/mol. The first-order valence-corrected chi connectivity index (χ1v) is 8.52. The van der Waals surface area contributed by atoms with E-state index in [1.165, 1.54) is 12.1 Å². The van der Waals surface area contributed by atoms with Crippen molar-refractivity contribution in [1.82, 2.24) is 10.0 Å². The van der Waals surface area contributed by atoms with E-state index < -0.39 is 26.7 Å². The van der Waals surface area contributed by atoms with E-state index in [9.17, 15) is 21.6 Å². The molecule has 0 atom stereocenters. The molecule has 4 nitrogen and oxygen atoms in total. The number of unbranched alkanes of at least 4 members (excludes halogenated alkanes) is 1. The monoisotopic (exact) mass is 338 g/mol. The fourth-order valence-electron chi connectivity index (χ4n) is 1.86. The van der Waals surface area contributed by atoms with Crippen LogP contribution < -0.4 is 10.0 Å². The van der Waals surface area contributed by atoms with Crippen LogP contribution in [0.4, 0.5) is 13.2 Å². The molecule has 0 radical (unpaired) electrons. The van der Waals surface area contributed by atoms with Crippen LogP contribution in [0.1, 0.15) is 32.3 Å². The number of sulfonamides is 1. The van der Waals surface area contributed by atoms with Crippen LogP contribution in [-0.4, -0.2) is 27.5 Å². The third-order valence-electron chi connectivity index (χ3n) is 2.93. The van der Waals surface area contributed by atoms with Gasteiger partial charge in [-0.25, -0.2) is 13.1 Å². The van der Waals surface area contributed by atoms with Crippen molar-refractivity contribution in [3.63, 3.8) is 0 Å². The number of halogens is 3. The lowest BCUT2D eigenvalue weighted by Crippen LogP contribution is -2.28. The number of benzene rings is 1. The van der Waals surface area contributed by atoms with E-state index in [1.54, 1.807) is 0 Å². The van der Waals surface area contributed by atoms with E-state index in [0.717, 1.165) is 25.1 Å². The van der Waals surface area contributed by atoms with Gasteiger partial charge in [-0.05, 0) is 31.5 Å². The maximum absolute atomic E-state index is 12.8. The molecular formula is C14H21F3N2O2S. The van der Waals surface area contributed by atoms with Crippen LogP contribution in [0.5, 0.6) is 0 Å². The molecule has 1 aromatic carbocycles. The molecule has 0 aliphatic carbocycles. The Labute approximate surface area is 129 Å². The van der Waals surface area contributed by atoms with Gasteiger partial charge < -0.3 is 5.32 Å². The van der Waals surface area contributed by atoms with E-state index in [1.807, 2.05) is 13.8 Å². The molecule has 0 amide bonds. The Hall–Kier alpha value is -1.12. The van der Waals surface area contributed by atoms with Gasteiger partial charge in [0.25, 0.3) is 0 Å². The summed E-state index contributed by atoms with van der Waals surface area (Å²) in [4.78, 5) is -0.734. The Morgan fingerprint density at radius 2 is 1.68 bits per heavy atom. The lowest BCUT2D eigenvalue weighted by molar-refractivity contribution is -0.139. The first kappa shape index (κ1) is 18.9. The second-order valence-electron chi connectivity index (χ2n) is 5.21. The van der Waals surface area contributed by atoms with Crippen LogP contribution in [0.15, 0.2) is 29.2 Å². The molecule has 126 valence electrons. The number of hydrogen-bond acceptors (Lipinski definition) is 3. The summed E-state index contributed by atoms with van der Waals surface area (Å²) in [6.45, 7) is 4.83. The summed E-state index contributed by atoms with van der Waals surface area (Å²) in [5.41, 5.74) is -1.15. The standard InChI is InChI=1S/C14H21F3N2O2S/c1-11(2)18-9-5-6-10-19-22(20,21)13-8-4-3-7-12(13)14(15,16)17/h3-4,7-8,11,18-19H,5-6,9-10H2,1-2H3. The Morgan fingerprint density at radius 3 is 2.27 bits per heavy atom. The molecule has 8 heteroatoms. The summed E-state index contributed by atoms with van der Waals surface area (Å²) in [5, 5.41) is 3.18. The summed E-state index contributed by atoms with van der Waals surface area (Å²) in [6, 6.07) is 4.51. The zero-order valence-corrected chi connectivity index (χ0v) is 13.4. The van der Waals surface area contributed by atoms with Crippen molar-refractivity contribution in [2.75, 3.05) is 13.1 Å². The van der Waals surface area contributed by atoms with Gasteiger partial charge in [0, 0.05) is 12.6 Å². The Morgan fingerprint density at radius 1 is 1.09 bits per heavy atom. The third-order valence-corrected chi connectivity index (χ3v) is 4.45. The van der Waals surface area contributed by atoms with Gasteiger partial charge in [-0.3, -0.25) is 0 Å². The lowest BCUT2D eigenvalue weighted by atomic mass is 10.2. The number of hydrogen-bond donors (Lipinski definition) is 2. The minimum absolute atomic E-state index is 0.105. The largest absolute Gasteiger partial charge is 0.417 e. The van der Waals surface area contributed by atoms with Crippen LogP contribution >= 0.6 is 0 Å². The highest BCUT2D eigenvalue weighted by atomic mass is 32.2. The molecule has 0 aromatic heterocycles. The zero-order chi connectivity index (χ0) is 16.8. The Balaban J connectivity index is 2.64. The van der Waals surface area contributed by atoms with Crippen molar-refractivity contribution in [3.8, 4) is 0 Å². The first-order valence-electron chi connectivity index (χ1n) is 7.04. The average Bonchev–Trinajstić information content (AvgIpc) is 2.41. The van der Waals surface area contributed by atoms with E-state index in [4.69, 9.17) is 0 Å². The van der Waals surface area contributed by atoms with Crippen molar-refractivity contribution in [1.29, 1.82) is 0 Å². The van der Waals surface area contributed by atoms with Gasteiger partial charge in [-0.15, -0.1) is 0 Å². The molecule has 0 unspecified atom stereocenters. The molecule has 0 saturated carbocycles. The molecule has 0 aliphatic heterocycles. The maximum Gasteiger partial charge on any atom is 0.417 e. The van der Waals surface area contributed by atoms with Crippen LogP contribution in [0.3, 0.4) is 0 Å². The highest BCUT2D eigenvalue weighted by Gasteiger charge is 2.36. The van der Waals surface area contributed by atoms with Crippen molar-refractivity contribution >= 4 is 10.0 Å². The molecule has 0 bridgehead atoms. The Kier molecular flexibility index (Phi) is 6.83. The Bertz CT molecular complexity index is 572. The van der Waals surface area contributed by atoms with Crippen molar-refractivity contribution in [3.05, 3.63) is 29.8 Å². The van der Waals surface area contributed by atoms with Crippen molar-refractivity contribution < 1.29 is 21.6 Å². The van der Waals surface area contributed by atoms with Crippen LogP contribution in [-0.2, 0) is 16.2 Å². The van der Waals surface area contributed by atoms with Crippen molar-refractivity contribution in [2.24, 2.45) is 0 Å². The predicted octanol–water partition coefficient (Wildman–Crippen LogP) is 2.76. The highest BCUT2D eigenvalue weighted by Crippen LogP contribution is 2.33. The maximum atomic E-state index is 12.8.